The number of hydrogen-bond donors (Lipinski definition) is 32. The number of ether oxygens (including phenoxy) is 19. The second-order valence-electron chi connectivity index (χ2n) is 30.7. The molecule has 0 aliphatic carbocycles. The van der Waals surface area contributed by atoms with Gasteiger partial charge in [0.2, 0.25) is 0 Å². The molecule has 10 rings (SSSR count). The van der Waals surface area contributed by atoms with Crippen LogP contribution in [0.15, 0.2) is 0 Å². The molecule has 0 aromatic rings. The normalized spacial score (nSPS) is 50.4. The Hall–Kier alpha value is -2.04. The predicted molar refractivity (Wildman–Crippen MR) is 364 cm³/mol. The van der Waals surface area contributed by atoms with Crippen LogP contribution in [-0.4, -0.2) is 538 Å². The molecule has 0 aromatic carbocycles. The first kappa shape index (κ1) is 98.1. The number of unbranched alkanes of at least 4 members (excludes halogenated alkanes) is 3. The highest BCUT2D eigenvalue weighted by Crippen LogP contribution is 2.42. The van der Waals surface area contributed by atoms with E-state index in [1.54, 1.807) is 0 Å². The molecule has 10 aliphatic heterocycles. The van der Waals surface area contributed by atoms with Gasteiger partial charge in [0.25, 0.3) is 0 Å². The van der Waals surface area contributed by atoms with E-state index in [2.05, 4.69) is 0 Å². The number of aliphatic hydroxyl groups is 31. The first-order valence-electron chi connectivity index (χ1n) is 38.7. The van der Waals surface area contributed by atoms with Crippen LogP contribution in [0.3, 0.4) is 0 Å². The maximum atomic E-state index is 12.2. The number of aliphatic hydroxyl groups excluding tert-OH is 31. The highest BCUT2D eigenvalue weighted by Gasteiger charge is 2.62. The summed E-state index contributed by atoms with van der Waals surface area (Å²) in [4.78, 5) is 0. The van der Waals surface area contributed by atoms with Gasteiger partial charge in [0.15, 0.2) is 56.6 Å². The van der Waals surface area contributed by atoms with Crippen molar-refractivity contribution < 1.29 is 248 Å². The monoisotopic (exact) mass is 1740 g/mol. The first-order chi connectivity index (χ1) is 56.2. The molecule has 29 unspecified atom stereocenters. The molecule has 0 bridgehead atoms. The highest BCUT2D eigenvalue weighted by atomic mass is 16.8. The number of rotatable bonds is 35. The van der Waals surface area contributed by atoms with E-state index in [0.717, 1.165) is 6.42 Å². The summed E-state index contributed by atoms with van der Waals surface area (Å²) in [5.41, 5.74) is 3.62. The molecule has 33 N–H and O–H groups in total. The van der Waals surface area contributed by atoms with Crippen LogP contribution in [0, 0.1) is 0 Å². The Labute approximate surface area is 670 Å². The summed E-state index contributed by atoms with van der Waals surface area (Å²) < 4.78 is 112. The molecule has 10 saturated heterocycles. The third-order valence-corrected chi connectivity index (χ3v) is 22.8. The second kappa shape index (κ2) is 43.6. The fourth-order valence-corrected chi connectivity index (χ4v) is 15.7. The molecule has 0 amide bonds. The lowest BCUT2D eigenvalue weighted by molar-refractivity contribution is -0.417. The van der Waals surface area contributed by atoms with Crippen LogP contribution in [0.1, 0.15) is 38.5 Å². The van der Waals surface area contributed by atoms with Crippen molar-refractivity contribution in [2.24, 2.45) is 5.73 Å². The smallest absolute Gasteiger partial charge is 0.187 e. The van der Waals surface area contributed by atoms with Gasteiger partial charge in [0.05, 0.1) is 84.9 Å². The van der Waals surface area contributed by atoms with E-state index in [1.807, 2.05) is 0 Å². The van der Waals surface area contributed by atoms with Crippen LogP contribution in [-0.2, 0) is 90.0 Å². The van der Waals surface area contributed by atoms with Crippen molar-refractivity contribution in [1.29, 1.82) is 0 Å². The van der Waals surface area contributed by atoms with Gasteiger partial charge in [-0.3, -0.25) is 0 Å². The van der Waals surface area contributed by atoms with E-state index in [-0.39, 0.29) is 6.42 Å². The Balaban J connectivity index is 0.889. The van der Waals surface area contributed by atoms with Crippen LogP contribution in [0.5, 0.6) is 0 Å². The van der Waals surface area contributed by atoms with E-state index in [1.165, 1.54) is 0 Å². The highest BCUT2D eigenvalue weighted by molar-refractivity contribution is 5.04. The topological polar surface area (TPSA) is 829 Å². The lowest BCUT2D eigenvalue weighted by atomic mass is 9.91. The molecule has 0 radical (unpaired) electrons. The second-order valence-corrected chi connectivity index (χ2v) is 30.7. The van der Waals surface area contributed by atoms with Crippen molar-refractivity contribution >= 4 is 0 Å². The fourth-order valence-electron chi connectivity index (χ4n) is 15.7. The molecule has 10 aliphatic rings. The molecule has 0 saturated carbocycles. The summed E-state index contributed by atoms with van der Waals surface area (Å²) >= 11 is 0. The first-order valence-corrected chi connectivity index (χ1v) is 38.7. The Morgan fingerprint density at radius 1 is 0.220 bits per heavy atom. The summed E-state index contributed by atoms with van der Waals surface area (Å²) in [6.07, 6.45) is -100. The van der Waals surface area contributed by atoms with Crippen molar-refractivity contribution in [2.45, 2.75) is 339 Å². The van der Waals surface area contributed by atoms with Crippen molar-refractivity contribution in [2.75, 3.05) is 79.2 Å². The van der Waals surface area contributed by atoms with Gasteiger partial charge < -0.3 is 254 Å². The van der Waals surface area contributed by atoms with Gasteiger partial charge in [-0.2, -0.15) is 0 Å². The van der Waals surface area contributed by atoms with E-state index < -0.39 is 379 Å². The van der Waals surface area contributed by atoms with Gasteiger partial charge in [-0.25, -0.2) is 0 Å². The zero-order valence-electron chi connectivity index (χ0n) is 63.1. The lowest BCUT2D eigenvalue weighted by Gasteiger charge is -2.51. The van der Waals surface area contributed by atoms with E-state index >= 15 is 0 Å². The zero-order valence-corrected chi connectivity index (χ0v) is 63.1. The van der Waals surface area contributed by atoms with E-state index in [9.17, 15) is 158 Å². The number of hydrogen-bond acceptors (Lipinski definition) is 51. The molecule has 51 heteroatoms. The third-order valence-electron chi connectivity index (χ3n) is 22.8. The van der Waals surface area contributed by atoms with Crippen molar-refractivity contribution in [3.63, 3.8) is 0 Å². The molecular weight excluding hydrogens is 1620 g/mol. The van der Waals surface area contributed by atoms with Crippen molar-refractivity contribution in [3.8, 4) is 0 Å². The maximum Gasteiger partial charge on any atom is 0.187 e. The maximum absolute atomic E-state index is 12.2. The summed E-state index contributed by atoms with van der Waals surface area (Å²) in [6.45, 7) is -11.5. The van der Waals surface area contributed by atoms with Crippen LogP contribution in [0.25, 0.3) is 0 Å². The van der Waals surface area contributed by atoms with Gasteiger partial charge in [0, 0.05) is 6.42 Å². The standard InChI is InChI=1S/C67H117NO50/c68-6-4-2-1-3-5-20-36(87)49(37(88)26(13-74)100-20)109-58-47(98)51(39(90)28(15-76)101-58)111-63-56(44(95)34(85)22(9-70)105-63)116-66-57(45(96)35(86)25(12-73)108-66)117-64-53(41(92)31(82)23(10-71)106-64)113-60-46(97)50(38(89)27(14-75)103-60)110-59-48(99)52(40(91)29(16-77)102-59)112-62-55(43(94)33(84)21(8-69)104-62)115-65-54(42(93)32(83)24(11-72)107-65)114-61-30(81)19(80)7-67(17-78,18-79)118-61/h19-66,69-99H,1-18,68H2/t19?,20-,21?,22?,23?,24?,25?,26?,27?,28?,29?,30?,31-,32-,33-,34-,35-,36?,37-,38-,39-,40-,41?,42?,43?,44?,45?,46?,47?,48?,49?,50?,51?,52?,53?,54?,55?,56?,57?,58-,59-,60-,61+,62-,63-,64-,65-,66-/m1/s1. The molecule has 0 spiro atoms. The molecule has 10 fully saturated rings. The van der Waals surface area contributed by atoms with Crippen LogP contribution < -0.4 is 5.73 Å². The minimum atomic E-state index is -2.55. The molecule has 51 nitrogen and oxygen atoms in total. The summed E-state index contributed by atoms with van der Waals surface area (Å²) in [5, 5.41) is 345. The molecular formula is C67H117NO50. The molecule has 0 aromatic heterocycles. The van der Waals surface area contributed by atoms with E-state index in [4.69, 9.17) is 95.7 Å². The Morgan fingerprint density at radius 3 is 0.720 bits per heavy atom. The van der Waals surface area contributed by atoms with Gasteiger partial charge in [-0.1, -0.05) is 19.3 Å². The van der Waals surface area contributed by atoms with Gasteiger partial charge in [-0.05, 0) is 19.4 Å². The number of nitrogens with two attached hydrogens (primary N) is 1. The van der Waals surface area contributed by atoms with Crippen LogP contribution in [0.2, 0.25) is 0 Å². The molecule has 690 valence electrons. The average molecular weight is 1740 g/mol. The molecule has 10 heterocycles. The SMILES string of the molecule is NCCCCCC[C@H]1OC(CO)[C@@H](O)C(O[C@H]2OC(CO)[C@@H](O)C(O[C@H]3OC(CO)[C@@H](O)C(O)C3O[C@H]3OC(CO)[C@@H](O)C(O)C3O[C@H]3OC(CO)[C@@H](O)C(O)C3O[C@H]3OC(CO)[C@@H](O)C(O[C@H]4OC(CO)[C@@H](O)C(O[C@H]5OC(CO)[C@@H](O)C(O)C5O[C@H]5OC(CO)[C@@H](O)C(O)C5O[C@H]5OC(CO)(CO)CC(O)C5O)C4O)C3O)C2O)C1O. The van der Waals surface area contributed by atoms with Crippen LogP contribution in [0.4, 0.5) is 0 Å². The van der Waals surface area contributed by atoms with Crippen LogP contribution >= 0.6 is 0 Å². The van der Waals surface area contributed by atoms with Gasteiger partial charge >= 0.3 is 0 Å². The molecule has 48 atom stereocenters. The molecule has 118 heavy (non-hydrogen) atoms. The Kier molecular flexibility index (Phi) is 36.3. The third kappa shape index (κ3) is 21.0. The van der Waals surface area contributed by atoms with Crippen molar-refractivity contribution in [1.82, 2.24) is 0 Å². The summed E-state index contributed by atoms with van der Waals surface area (Å²) in [5.74, 6) is 0. The zero-order chi connectivity index (χ0) is 86.4. The Bertz CT molecular complexity index is 2940. The van der Waals surface area contributed by atoms with Gasteiger partial charge in [-0.15, -0.1) is 0 Å². The summed E-state index contributed by atoms with van der Waals surface area (Å²) in [7, 11) is 0. The Morgan fingerprint density at radius 2 is 0.441 bits per heavy atom. The minimum absolute atomic E-state index is 0.180. The quantitative estimate of drug-likeness (QED) is 0.0262. The largest absolute Gasteiger partial charge is 0.394 e. The lowest BCUT2D eigenvalue weighted by Crippen LogP contribution is -2.69. The predicted octanol–water partition coefficient (Wildman–Crippen LogP) is -20.5. The van der Waals surface area contributed by atoms with E-state index in [0.29, 0.717) is 25.8 Å². The fraction of sp³-hybridized carbons (Fsp3) is 1.00. The summed E-state index contributed by atoms with van der Waals surface area (Å²) in [6, 6.07) is 0. The minimum Gasteiger partial charge on any atom is -0.394 e. The van der Waals surface area contributed by atoms with Crippen molar-refractivity contribution in [3.05, 3.63) is 0 Å². The average Bonchev–Trinajstić information content (AvgIpc) is 0.723. The van der Waals surface area contributed by atoms with Gasteiger partial charge in [0.1, 0.15) is 231 Å².